The lowest BCUT2D eigenvalue weighted by Gasteiger charge is -2.22. The maximum Gasteiger partial charge on any atom is 0.106 e. The molecule has 1 aromatic rings. The molecule has 0 saturated heterocycles. The average Bonchev–Trinajstić information content (AvgIpc) is 3.15. The van der Waals surface area contributed by atoms with Gasteiger partial charge in [-0.1, -0.05) is 6.92 Å². The fourth-order valence-corrected chi connectivity index (χ4v) is 3.07. The van der Waals surface area contributed by atoms with E-state index in [2.05, 4.69) is 28.6 Å². The van der Waals surface area contributed by atoms with Crippen molar-refractivity contribution in [2.24, 2.45) is 0 Å². The van der Waals surface area contributed by atoms with Crippen LogP contribution in [0.2, 0.25) is 0 Å². The van der Waals surface area contributed by atoms with Crippen molar-refractivity contribution in [1.82, 2.24) is 19.8 Å². The van der Waals surface area contributed by atoms with Crippen molar-refractivity contribution >= 4 is 0 Å². The van der Waals surface area contributed by atoms with Gasteiger partial charge in [-0.3, -0.25) is 4.90 Å². The summed E-state index contributed by atoms with van der Waals surface area (Å²) >= 11 is 0. The lowest BCUT2D eigenvalue weighted by atomic mass is 10.2. The number of likely N-dealkylation sites (N-methyl/N-ethyl adjacent to an activating group) is 1. The Morgan fingerprint density at radius 1 is 1.44 bits per heavy atom. The summed E-state index contributed by atoms with van der Waals surface area (Å²) in [6, 6.07) is 0.872. The van der Waals surface area contributed by atoms with Gasteiger partial charge in [-0.15, -0.1) is 0 Å². The van der Waals surface area contributed by atoms with E-state index in [1.165, 1.54) is 43.1 Å². The van der Waals surface area contributed by atoms with E-state index in [0.717, 1.165) is 32.1 Å². The summed E-state index contributed by atoms with van der Waals surface area (Å²) in [4.78, 5) is 7.32. The Bertz CT molecular complexity index is 420. The van der Waals surface area contributed by atoms with Gasteiger partial charge in [-0.2, -0.15) is 0 Å². The zero-order valence-corrected chi connectivity index (χ0v) is 11.6. The second-order valence-corrected chi connectivity index (χ2v) is 5.49. The second-order valence-electron chi connectivity index (χ2n) is 5.49. The SMILES string of the molecule is CCN(CCn1c(C)nc2c1CCNC2)C1CC1. The van der Waals surface area contributed by atoms with E-state index >= 15 is 0 Å². The van der Waals surface area contributed by atoms with E-state index < -0.39 is 0 Å². The van der Waals surface area contributed by atoms with Crippen molar-refractivity contribution in [2.45, 2.75) is 52.2 Å². The van der Waals surface area contributed by atoms with Crippen molar-refractivity contribution in [3.05, 3.63) is 17.2 Å². The van der Waals surface area contributed by atoms with E-state index in [-0.39, 0.29) is 0 Å². The summed E-state index contributed by atoms with van der Waals surface area (Å²) in [6.07, 6.45) is 3.93. The van der Waals surface area contributed by atoms with Crippen LogP contribution in [0.15, 0.2) is 0 Å². The fraction of sp³-hybridized carbons (Fsp3) is 0.786. The van der Waals surface area contributed by atoms with E-state index in [1.807, 2.05) is 0 Å². The van der Waals surface area contributed by atoms with Crippen molar-refractivity contribution in [3.63, 3.8) is 0 Å². The van der Waals surface area contributed by atoms with Gasteiger partial charge in [-0.25, -0.2) is 4.98 Å². The fourth-order valence-electron chi connectivity index (χ4n) is 3.07. The van der Waals surface area contributed by atoms with Gasteiger partial charge in [0, 0.05) is 44.3 Å². The summed E-state index contributed by atoms with van der Waals surface area (Å²) in [5.41, 5.74) is 2.74. The molecule has 1 aliphatic carbocycles. The van der Waals surface area contributed by atoms with Gasteiger partial charge in [0.05, 0.1) is 5.69 Å². The van der Waals surface area contributed by atoms with E-state index in [0.29, 0.717) is 0 Å². The lowest BCUT2D eigenvalue weighted by Crippen LogP contribution is -2.31. The normalized spacial score (nSPS) is 19.3. The standard InChI is InChI=1S/C14H24N4/c1-3-17(12-4-5-12)8-9-18-11(2)16-13-10-15-7-6-14(13)18/h12,15H,3-10H2,1-2H3. The largest absolute Gasteiger partial charge is 0.331 e. The quantitative estimate of drug-likeness (QED) is 0.853. The van der Waals surface area contributed by atoms with Gasteiger partial charge in [0.15, 0.2) is 0 Å². The Balaban J connectivity index is 1.69. The number of imidazole rings is 1. The first kappa shape index (κ1) is 12.2. The lowest BCUT2D eigenvalue weighted by molar-refractivity contribution is 0.264. The molecule has 4 nitrogen and oxygen atoms in total. The molecule has 2 aliphatic rings. The van der Waals surface area contributed by atoms with Gasteiger partial charge in [0.25, 0.3) is 0 Å². The molecule has 0 radical (unpaired) electrons. The maximum absolute atomic E-state index is 4.70. The molecular weight excluding hydrogens is 224 g/mol. The topological polar surface area (TPSA) is 33.1 Å². The molecule has 0 spiro atoms. The molecule has 2 heterocycles. The highest BCUT2D eigenvalue weighted by atomic mass is 15.2. The number of nitrogens with zero attached hydrogens (tertiary/aromatic N) is 3. The molecule has 0 amide bonds. The third kappa shape index (κ3) is 2.31. The van der Waals surface area contributed by atoms with Crippen LogP contribution in [0.25, 0.3) is 0 Å². The first-order valence-electron chi connectivity index (χ1n) is 7.29. The Labute approximate surface area is 109 Å². The monoisotopic (exact) mass is 248 g/mol. The molecule has 0 atom stereocenters. The summed E-state index contributed by atoms with van der Waals surface area (Å²) in [5.74, 6) is 1.19. The first-order chi connectivity index (χ1) is 8.79. The zero-order valence-electron chi connectivity index (χ0n) is 11.6. The summed E-state index contributed by atoms with van der Waals surface area (Å²) in [5, 5.41) is 3.40. The van der Waals surface area contributed by atoms with Crippen LogP contribution in [0.5, 0.6) is 0 Å². The molecule has 1 fully saturated rings. The Kier molecular flexibility index (Phi) is 3.39. The van der Waals surface area contributed by atoms with Crippen LogP contribution >= 0.6 is 0 Å². The van der Waals surface area contributed by atoms with Crippen molar-refractivity contribution in [2.75, 3.05) is 19.6 Å². The maximum atomic E-state index is 4.70. The first-order valence-corrected chi connectivity index (χ1v) is 7.29. The van der Waals surface area contributed by atoms with Crippen molar-refractivity contribution in [3.8, 4) is 0 Å². The highest BCUT2D eigenvalue weighted by molar-refractivity contribution is 5.19. The highest BCUT2D eigenvalue weighted by Gasteiger charge is 2.27. The second kappa shape index (κ2) is 5.02. The summed E-state index contributed by atoms with van der Waals surface area (Å²) < 4.78 is 2.45. The van der Waals surface area contributed by atoms with Crippen LogP contribution < -0.4 is 5.32 Å². The van der Waals surface area contributed by atoms with E-state index in [1.54, 1.807) is 0 Å². The van der Waals surface area contributed by atoms with Crippen LogP contribution in [0.1, 0.15) is 37.0 Å². The van der Waals surface area contributed by atoms with Gasteiger partial charge >= 0.3 is 0 Å². The number of hydrogen-bond acceptors (Lipinski definition) is 3. The molecule has 3 rings (SSSR count). The molecule has 0 unspecified atom stereocenters. The molecule has 4 heteroatoms. The predicted molar refractivity (Wildman–Crippen MR) is 72.6 cm³/mol. The minimum absolute atomic E-state index is 0.872. The minimum Gasteiger partial charge on any atom is -0.331 e. The average molecular weight is 248 g/mol. The summed E-state index contributed by atoms with van der Waals surface area (Å²) in [6.45, 7) is 9.94. The molecule has 1 aliphatic heterocycles. The Morgan fingerprint density at radius 2 is 2.28 bits per heavy atom. The number of rotatable bonds is 5. The van der Waals surface area contributed by atoms with Crippen LogP contribution in [0, 0.1) is 6.92 Å². The molecule has 1 saturated carbocycles. The number of fused-ring (bicyclic) bond motifs is 1. The molecular formula is C14H24N4. The van der Waals surface area contributed by atoms with Crippen LogP contribution in [-0.2, 0) is 19.5 Å². The van der Waals surface area contributed by atoms with Crippen LogP contribution in [0.4, 0.5) is 0 Å². The number of nitrogens with one attached hydrogen (secondary N) is 1. The summed E-state index contributed by atoms with van der Waals surface area (Å²) in [7, 11) is 0. The number of aromatic nitrogens is 2. The molecule has 0 aromatic carbocycles. The Hall–Kier alpha value is -0.870. The van der Waals surface area contributed by atoms with E-state index in [9.17, 15) is 0 Å². The molecule has 100 valence electrons. The van der Waals surface area contributed by atoms with Crippen LogP contribution in [-0.4, -0.2) is 40.1 Å². The smallest absolute Gasteiger partial charge is 0.106 e. The Morgan fingerprint density at radius 3 is 3.00 bits per heavy atom. The van der Waals surface area contributed by atoms with Crippen molar-refractivity contribution in [1.29, 1.82) is 0 Å². The van der Waals surface area contributed by atoms with E-state index in [4.69, 9.17) is 4.98 Å². The van der Waals surface area contributed by atoms with Gasteiger partial charge in [0.1, 0.15) is 5.82 Å². The van der Waals surface area contributed by atoms with Gasteiger partial charge in [0.2, 0.25) is 0 Å². The van der Waals surface area contributed by atoms with Gasteiger partial charge < -0.3 is 9.88 Å². The molecule has 1 N–H and O–H groups in total. The number of hydrogen-bond donors (Lipinski definition) is 1. The predicted octanol–water partition coefficient (Wildman–Crippen LogP) is 1.32. The van der Waals surface area contributed by atoms with Crippen molar-refractivity contribution < 1.29 is 0 Å². The highest BCUT2D eigenvalue weighted by Crippen LogP contribution is 2.26. The van der Waals surface area contributed by atoms with Gasteiger partial charge in [-0.05, 0) is 26.3 Å². The molecule has 0 bridgehead atoms. The minimum atomic E-state index is 0.872. The molecule has 18 heavy (non-hydrogen) atoms. The number of aryl methyl sites for hydroxylation is 1. The van der Waals surface area contributed by atoms with Crippen LogP contribution in [0.3, 0.4) is 0 Å². The third-order valence-electron chi connectivity index (χ3n) is 4.26. The third-order valence-corrected chi connectivity index (χ3v) is 4.26. The zero-order chi connectivity index (χ0) is 12.5. The molecule has 1 aromatic heterocycles.